The lowest BCUT2D eigenvalue weighted by molar-refractivity contribution is 0.178. The number of pyridine rings is 2. The minimum atomic E-state index is 0.188. The molecule has 110 valence electrons. The maximum absolute atomic E-state index is 6.03. The topological polar surface area (TPSA) is 38.2 Å². The largest absolute Gasteiger partial charge is 0.487 e. The van der Waals surface area contributed by atoms with Gasteiger partial charge < -0.3 is 9.64 Å². The molecule has 3 rings (SSSR count). The van der Waals surface area contributed by atoms with Crippen molar-refractivity contribution < 1.29 is 4.74 Å². The number of ether oxygens (including phenoxy) is 1. The molecule has 0 radical (unpaired) electrons. The molecule has 4 nitrogen and oxygen atoms in total. The average molecular weight is 348 g/mol. The number of hydrogen-bond donors (Lipinski definition) is 0. The SMILES string of the molecule is Cc1cc(Br)cnc1N1CCCC(Oc2cccnc2)C1. The van der Waals surface area contributed by atoms with Gasteiger partial charge in [0.25, 0.3) is 0 Å². The third-order valence-electron chi connectivity index (χ3n) is 3.63. The van der Waals surface area contributed by atoms with Crippen LogP contribution in [-0.4, -0.2) is 29.2 Å². The average Bonchev–Trinajstić information content (AvgIpc) is 2.48. The smallest absolute Gasteiger partial charge is 0.138 e. The van der Waals surface area contributed by atoms with E-state index in [-0.39, 0.29) is 6.10 Å². The van der Waals surface area contributed by atoms with E-state index in [2.05, 4.69) is 43.8 Å². The molecule has 3 heterocycles. The molecule has 0 aromatic carbocycles. The lowest BCUT2D eigenvalue weighted by atomic mass is 10.1. The van der Waals surface area contributed by atoms with Crippen molar-refractivity contribution in [3.8, 4) is 5.75 Å². The zero-order chi connectivity index (χ0) is 14.7. The number of rotatable bonds is 3. The fourth-order valence-electron chi connectivity index (χ4n) is 2.70. The number of aromatic nitrogens is 2. The van der Waals surface area contributed by atoms with Gasteiger partial charge >= 0.3 is 0 Å². The molecule has 1 unspecified atom stereocenters. The molecular formula is C16H18BrN3O. The first-order valence-corrected chi connectivity index (χ1v) is 7.95. The predicted molar refractivity (Wildman–Crippen MR) is 86.8 cm³/mol. The molecule has 1 aliphatic heterocycles. The second-order valence-electron chi connectivity index (χ2n) is 5.31. The van der Waals surface area contributed by atoms with Gasteiger partial charge in [-0.15, -0.1) is 0 Å². The summed E-state index contributed by atoms with van der Waals surface area (Å²) in [6.07, 6.45) is 7.75. The maximum atomic E-state index is 6.03. The third-order valence-corrected chi connectivity index (χ3v) is 4.07. The summed E-state index contributed by atoms with van der Waals surface area (Å²) in [6, 6.07) is 5.96. The van der Waals surface area contributed by atoms with E-state index in [0.29, 0.717) is 0 Å². The van der Waals surface area contributed by atoms with E-state index in [4.69, 9.17) is 4.74 Å². The van der Waals surface area contributed by atoms with Crippen LogP contribution in [-0.2, 0) is 0 Å². The molecule has 1 atom stereocenters. The molecule has 2 aromatic rings. The molecule has 5 heteroatoms. The van der Waals surface area contributed by atoms with Crippen molar-refractivity contribution in [3.05, 3.63) is 46.8 Å². The highest BCUT2D eigenvalue weighted by Crippen LogP contribution is 2.25. The highest BCUT2D eigenvalue weighted by Gasteiger charge is 2.23. The van der Waals surface area contributed by atoms with Crippen LogP contribution in [0.2, 0.25) is 0 Å². The van der Waals surface area contributed by atoms with Crippen LogP contribution in [0, 0.1) is 6.92 Å². The summed E-state index contributed by atoms with van der Waals surface area (Å²) in [4.78, 5) is 11.0. The Morgan fingerprint density at radius 2 is 2.29 bits per heavy atom. The summed E-state index contributed by atoms with van der Waals surface area (Å²) < 4.78 is 7.05. The van der Waals surface area contributed by atoms with E-state index < -0.39 is 0 Å². The lowest BCUT2D eigenvalue weighted by Gasteiger charge is -2.34. The number of piperidine rings is 1. The molecule has 0 amide bonds. The van der Waals surface area contributed by atoms with E-state index in [1.165, 1.54) is 5.56 Å². The number of hydrogen-bond acceptors (Lipinski definition) is 4. The number of nitrogens with zero attached hydrogens (tertiary/aromatic N) is 3. The molecule has 1 fully saturated rings. The molecular weight excluding hydrogens is 330 g/mol. The van der Waals surface area contributed by atoms with Crippen molar-refractivity contribution in [1.82, 2.24) is 9.97 Å². The van der Waals surface area contributed by atoms with Crippen molar-refractivity contribution in [1.29, 1.82) is 0 Å². The Hall–Kier alpha value is -1.62. The van der Waals surface area contributed by atoms with Gasteiger partial charge in [0, 0.05) is 23.4 Å². The summed E-state index contributed by atoms with van der Waals surface area (Å²) in [6.45, 7) is 3.99. The number of halogens is 1. The van der Waals surface area contributed by atoms with Crippen LogP contribution >= 0.6 is 15.9 Å². The predicted octanol–water partition coefficient (Wildman–Crippen LogP) is 3.60. The van der Waals surface area contributed by atoms with Gasteiger partial charge in [-0.25, -0.2) is 4.98 Å². The molecule has 0 N–H and O–H groups in total. The Morgan fingerprint density at radius 3 is 3.05 bits per heavy atom. The molecule has 0 spiro atoms. The summed E-state index contributed by atoms with van der Waals surface area (Å²) in [5.41, 5.74) is 1.19. The summed E-state index contributed by atoms with van der Waals surface area (Å²) in [5, 5.41) is 0. The van der Waals surface area contributed by atoms with Crippen molar-refractivity contribution in [2.45, 2.75) is 25.9 Å². The molecule has 0 saturated carbocycles. The van der Waals surface area contributed by atoms with Crippen LogP contribution in [0.1, 0.15) is 18.4 Å². The zero-order valence-corrected chi connectivity index (χ0v) is 13.6. The van der Waals surface area contributed by atoms with Gasteiger partial charge in [-0.2, -0.15) is 0 Å². The van der Waals surface area contributed by atoms with Gasteiger partial charge in [0.15, 0.2) is 0 Å². The first-order chi connectivity index (χ1) is 10.2. The second kappa shape index (κ2) is 6.43. The lowest BCUT2D eigenvalue weighted by Crippen LogP contribution is -2.41. The second-order valence-corrected chi connectivity index (χ2v) is 6.23. The van der Waals surface area contributed by atoms with Crippen LogP contribution in [0.15, 0.2) is 41.3 Å². The molecule has 1 saturated heterocycles. The Kier molecular flexibility index (Phi) is 4.39. The Morgan fingerprint density at radius 1 is 1.38 bits per heavy atom. The highest BCUT2D eigenvalue weighted by molar-refractivity contribution is 9.10. The molecule has 0 bridgehead atoms. The van der Waals surface area contributed by atoms with Crippen molar-refractivity contribution in [2.24, 2.45) is 0 Å². The minimum absolute atomic E-state index is 0.188. The molecule has 1 aliphatic rings. The first-order valence-electron chi connectivity index (χ1n) is 7.16. The van der Waals surface area contributed by atoms with E-state index in [1.807, 2.05) is 18.3 Å². The molecule has 21 heavy (non-hydrogen) atoms. The fraction of sp³-hybridized carbons (Fsp3) is 0.375. The minimum Gasteiger partial charge on any atom is -0.487 e. The quantitative estimate of drug-likeness (QED) is 0.850. The summed E-state index contributed by atoms with van der Waals surface area (Å²) in [5.74, 6) is 1.89. The Bertz CT molecular complexity index is 606. The monoisotopic (exact) mass is 347 g/mol. The van der Waals surface area contributed by atoms with E-state index in [0.717, 1.165) is 42.0 Å². The number of anilines is 1. The fourth-order valence-corrected chi connectivity index (χ4v) is 3.15. The molecule has 2 aromatic heterocycles. The van der Waals surface area contributed by atoms with Crippen LogP contribution < -0.4 is 9.64 Å². The Labute approximate surface area is 133 Å². The maximum Gasteiger partial charge on any atom is 0.138 e. The standard InChI is InChI=1S/C16H18BrN3O/c1-12-8-13(17)9-19-16(12)20-7-3-5-15(11-20)21-14-4-2-6-18-10-14/h2,4,6,8-10,15H,3,5,7,11H2,1H3. The van der Waals surface area contributed by atoms with Gasteiger partial charge in [0.1, 0.15) is 17.7 Å². The van der Waals surface area contributed by atoms with E-state index >= 15 is 0 Å². The van der Waals surface area contributed by atoms with Gasteiger partial charge in [-0.1, -0.05) is 0 Å². The van der Waals surface area contributed by atoms with Gasteiger partial charge in [0.2, 0.25) is 0 Å². The van der Waals surface area contributed by atoms with Gasteiger partial charge in [-0.05, 0) is 59.5 Å². The van der Waals surface area contributed by atoms with Crippen molar-refractivity contribution >= 4 is 21.7 Å². The van der Waals surface area contributed by atoms with Gasteiger partial charge in [0.05, 0.1) is 12.7 Å². The van der Waals surface area contributed by atoms with Crippen molar-refractivity contribution in [2.75, 3.05) is 18.0 Å². The van der Waals surface area contributed by atoms with Crippen LogP contribution in [0.3, 0.4) is 0 Å². The zero-order valence-electron chi connectivity index (χ0n) is 12.0. The van der Waals surface area contributed by atoms with Crippen LogP contribution in [0.25, 0.3) is 0 Å². The van der Waals surface area contributed by atoms with E-state index in [1.54, 1.807) is 12.4 Å². The normalized spacial score (nSPS) is 18.6. The summed E-state index contributed by atoms with van der Waals surface area (Å²) >= 11 is 3.46. The molecule has 0 aliphatic carbocycles. The summed E-state index contributed by atoms with van der Waals surface area (Å²) in [7, 11) is 0. The highest BCUT2D eigenvalue weighted by atomic mass is 79.9. The first kappa shape index (κ1) is 14.3. The van der Waals surface area contributed by atoms with Crippen molar-refractivity contribution in [3.63, 3.8) is 0 Å². The Balaban J connectivity index is 1.71. The van der Waals surface area contributed by atoms with Crippen LogP contribution in [0.5, 0.6) is 5.75 Å². The van der Waals surface area contributed by atoms with E-state index in [9.17, 15) is 0 Å². The van der Waals surface area contributed by atoms with Crippen LogP contribution in [0.4, 0.5) is 5.82 Å². The number of aryl methyl sites for hydroxylation is 1. The van der Waals surface area contributed by atoms with Gasteiger partial charge in [-0.3, -0.25) is 4.98 Å². The third kappa shape index (κ3) is 3.53.